The van der Waals surface area contributed by atoms with Crippen molar-refractivity contribution >= 4 is 16.9 Å². The number of hydrogen-bond acceptors (Lipinski definition) is 5. The summed E-state index contributed by atoms with van der Waals surface area (Å²) in [7, 11) is 3.14. The summed E-state index contributed by atoms with van der Waals surface area (Å²) in [6.07, 6.45) is 2.46. The third-order valence-corrected chi connectivity index (χ3v) is 4.66. The Kier molecular flexibility index (Phi) is 4.16. The highest BCUT2D eigenvalue weighted by atomic mass is 16.5. The Morgan fingerprint density at radius 3 is 2.85 bits per heavy atom. The fourth-order valence-electron chi connectivity index (χ4n) is 3.28. The van der Waals surface area contributed by atoms with Crippen LogP contribution in [0, 0.1) is 0 Å². The van der Waals surface area contributed by atoms with Gasteiger partial charge in [0, 0.05) is 42.9 Å². The van der Waals surface area contributed by atoms with Gasteiger partial charge >= 0.3 is 0 Å². The van der Waals surface area contributed by atoms with Crippen LogP contribution in [0.2, 0.25) is 0 Å². The molecular formula is C20H19N3O3. The monoisotopic (exact) mass is 349 g/mol. The highest BCUT2D eigenvalue weighted by Gasteiger charge is 2.25. The molecule has 132 valence electrons. The van der Waals surface area contributed by atoms with Crippen molar-refractivity contribution in [3.63, 3.8) is 0 Å². The van der Waals surface area contributed by atoms with Crippen LogP contribution in [0.1, 0.15) is 21.6 Å². The topological polar surface area (TPSA) is 64.5 Å². The lowest BCUT2D eigenvalue weighted by atomic mass is 10.0. The van der Waals surface area contributed by atoms with Crippen LogP contribution in [0.3, 0.4) is 0 Å². The second kappa shape index (κ2) is 6.63. The van der Waals surface area contributed by atoms with Crippen LogP contribution in [0.15, 0.2) is 42.6 Å². The number of carbonyl (C=O) groups is 1. The molecule has 0 spiro atoms. The third kappa shape index (κ3) is 2.83. The lowest BCUT2D eigenvalue weighted by Crippen LogP contribution is -2.36. The number of rotatable bonds is 3. The maximum Gasteiger partial charge on any atom is 0.257 e. The Balaban J connectivity index is 1.64. The number of amides is 1. The molecule has 0 unspecified atom stereocenters. The SMILES string of the molecule is COc1ccc(C(=O)N2CCc3nc4ncccc4cc3C2)c(OC)c1. The maximum atomic E-state index is 13.0. The molecule has 0 atom stereocenters. The number of hydrogen-bond donors (Lipinski definition) is 0. The van der Waals surface area contributed by atoms with E-state index in [4.69, 9.17) is 9.47 Å². The van der Waals surface area contributed by atoms with E-state index >= 15 is 0 Å². The van der Waals surface area contributed by atoms with Gasteiger partial charge in [-0.05, 0) is 35.9 Å². The molecule has 0 saturated heterocycles. The Bertz CT molecular complexity index is 987. The van der Waals surface area contributed by atoms with Crippen molar-refractivity contribution in [3.8, 4) is 11.5 Å². The van der Waals surface area contributed by atoms with Gasteiger partial charge in [0.2, 0.25) is 0 Å². The molecular weight excluding hydrogens is 330 g/mol. The summed E-state index contributed by atoms with van der Waals surface area (Å²) in [5.41, 5.74) is 3.37. The first kappa shape index (κ1) is 16.3. The highest BCUT2D eigenvalue weighted by Crippen LogP contribution is 2.28. The number of ether oxygens (including phenoxy) is 2. The van der Waals surface area contributed by atoms with Gasteiger partial charge in [-0.3, -0.25) is 4.79 Å². The minimum Gasteiger partial charge on any atom is -0.497 e. The zero-order valence-electron chi connectivity index (χ0n) is 14.7. The molecule has 1 aliphatic heterocycles. The van der Waals surface area contributed by atoms with Gasteiger partial charge in [-0.15, -0.1) is 0 Å². The average Bonchev–Trinajstić information content (AvgIpc) is 2.70. The van der Waals surface area contributed by atoms with Gasteiger partial charge in [0.15, 0.2) is 5.65 Å². The summed E-state index contributed by atoms with van der Waals surface area (Å²) in [5, 5.41) is 0.988. The normalized spacial score (nSPS) is 13.4. The van der Waals surface area contributed by atoms with Crippen molar-refractivity contribution in [1.82, 2.24) is 14.9 Å². The molecule has 6 nitrogen and oxygen atoms in total. The molecule has 0 saturated carbocycles. The third-order valence-electron chi connectivity index (χ3n) is 4.66. The maximum absolute atomic E-state index is 13.0. The highest BCUT2D eigenvalue weighted by molar-refractivity contribution is 5.97. The zero-order valence-corrected chi connectivity index (χ0v) is 14.7. The molecule has 0 bridgehead atoms. The van der Waals surface area contributed by atoms with Crippen molar-refractivity contribution in [2.24, 2.45) is 0 Å². The molecule has 0 aliphatic carbocycles. The van der Waals surface area contributed by atoms with Crippen LogP contribution in [-0.2, 0) is 13.0 Å². The van der Waals surface area contributed by atoms with Gasteiger partial charge in [-0.1, -0.05) is 0 Å². The summed E-state index contributed by atoms with van der Waals surface area (Å²) in [6.45, 7) is 1.15. The van der Waals surface area contributed by atoms with Gasteiger partial charge in [0.05, 0.1) is 19.8 Å². The molecule has 1 aliphatic rings. The van der Waals surface area contributed by atoms with Gasteiger partial charge in [-0.2, -0.15) is 0 Å². The quantitative estimate of drug-likeness (QED) is 0.727. The van der Waals surface area contributed by atoms with E-state index in [1.54, 1.807) is 38.6 Å². The molecule has 0 radical (unpaired) electrons. The number of benzene rings is 1. The molecule has 3 aromatic rings. The van der Waals surface area contributed by atoms with Crippen molar-refractivity contribution in [2.45, 2.75) is 13.0 Å². The predicted octanol–water partition coefficient (Wildman–Crippen LogP) is 2.85. The fraction of sp³-hybridized carbons (Fsp3) is 0.250. The van der Waals surface area contributed by atoms with Crippen molar-refractivity contribution in [3.05, 3.63) is 59.4 Å². The molecule has 0 N–H and O–H groups in total. The molecule has 0 fully saturated rings. The van der Waals surface area contributed by atoms with Crippen molar-refractivity contribution in [1.29, 1.82) is 0 Å². The van der Waals surface area contributed by atoms with Crippen LogP contribution < -0.4 is 9.47 Å². The predicted molar refractivity (Wildman–Crippen MR) is 97.5 cm³/mol. The van der Waals surface area contributed by atoms with Crippen LogP contribution in [-0.4, -0.2) is 41.5 Å². The van der Waals surface area contributed by atoms with Gasteiger partial charge in [0.25, 0.3) is 5.91 Å². The zero-order chi connectivity index (χ0) is 18.1. The lowest BCUT2D eigenvalue weighted by molar-refractivity contribution is 0.0730. The van der Waals surface area contributed by atoms with E-state index in [2.05, 4.69) is 16.0 Å². The van der Waals surface area contributed by atoms with Crippen LogP contribution >= 0.6 is 0 Å². The van der Waals surface area contributed by atoms with E-state index in [0.29, 0.717) is 36.6 Å². The van der Waals surface area contributed by atoms with Gasteiger partial charge in [0.1, 0.15) is 11.5 Å². The molecule has 4 rings (SSSR count). The Morgan fingerprint density at radius 1 is 1.15 bits per heavy atom. The van der Waals surface area contributed by atoms with Gasteiger partial charge < -0.3 is 14.4 Å². The number of aromatic nitrogens is 2. The Labute approximate surface area is 151 Å². The minimum absolute atomic E-state index is 0.0542. The number of fused-ring (bicyclic) bond motifs is 2. The van der Waals surface area contributed by atoms with Crippen LogP contribution in [0.5, 0.6) is 11.5 Å². The smallest absolute Gasteiger partial charge is 0.257 e. The first-order valence-corrected chi connectivity index (χ1v) is 8.44. The summed E-state index contributed by atoms with van der Waals surface area (Å²) >= 11 is 0. The van der Waals surface area contributed by atoms with Crippen LogP contribution in [0.25, 0.3) is 11.0 Å². The van der Waals surface area contributed by atoms with Crippen molar-refractivity contribution in [2.75, 3.05) is 20.8 Å². The Morgan fingerprint density at radius 2 is 2.04 bits per heavy atom. The summed E-state index contributed by atoms with van der Waals surface area (Å²) < 4.78 is 10.6. The molecule has 26 heavy (non-hydrogen) atoms. The Hall–Kier alpha value is -3.15. The van der Waals surface area contributed by atoms with Crippen molar-refractivity contribution < 1.29 is 14.3 Å². The van der Waals surface area contributed by atoms with E-state index in [1.807, 2.05) is 17.0 Å². The first-order chi connectivity index (χ1) is 12.7. The second-order valence-corrected chi connectivity index (χ2v) is 6.19. The molecule has 1 aromatic carbocycles. The summed E-state index contributed by atoms with van der Waals surface area (Å²) in [6, 6.07) is 11.2. The van der Waals surface area contributed by atoms with E-state index in [0.717, 1.165) is 22.3 Å². The number of pyridine rings is 2. The standard InChI is InChI=1S/C20H19N3O3/c1-25-15-5-6-16(18(11-15)26-2)20(24)23-9-7-17-14(12-23)10-13-4-3-8-21-19(13)22-17/h3-6,8,10-11H,7,9,12H2,1-2H3. The summed E-state index contributed by atoms with van der Waals surface area (Å²) in [5.74, 6) is 1.12. The lowest BCUT2D eigenvalue weighted by Gasteiger charge is -2.29. The van der Waals surface area contributed by atoms with Crippen LogP contribution in [0.4, 0.5) is 0 Å². The molecule has 6 heteroatoms. The number of nitrogens with zero attached hydrogens (tertiary/aromatic N) is 3. The fourth-order valence-corrected chi connectivity index (χ4v) is 3.28. The molecule has 3 heterocycles. The minimum atomic E-state index is -0.0542. The summed E-state index contributed by atoms with van der Waals surface area (Å²) in [4.78, 5) is 23.8. The largest absolute Gasteiger partial charge is 0.497 e. The molecule has 2 aromatic heterocycles. The average molecular weight is 349 g/mol. The molecule has 1 amide bonds. The van der Waals surface area contributed by atoms with E-state index in [1.165, 1.54) is 0 Å². The second-order valence-electron chi connectivity index (χ2n) is 6.19. The first-order valence-electron chi connectivity index (χ1n) is 8.44. The van der Waals surface area contributed by atoms with E-state index in [-0.39, 0.29) is 5.91 Å². The van der Waals surface area contributed by atoms with E-state index in [9.17, 15) is 4.79 Å². The number of methoxy groups -OCH3 is 2. The number of carbonyl (C=O) groups excluding carboxylic acids is 1. The van der Waals surface area contributed by atoms with Gasteiger partial charge in [-0.25, -0.2) is 9.97 Å². The van der Waals surface area contributed by atoms with E-state index < -0.39 is 0 Å².